The van der Waals surface area contributed by atoms with Gasteiger partial charge in [0.1, 0.15) is 6.10 Å². The van der Waals surface area contributed by atoms with E-state index in [1.54, 1.807) is 12.1 Å². The molecule has 10 heteroatoms. The van der Waals surface area contributed by atoms with E-state index in [4.69, 9.17) is 18.9 Å². The molecule has 0 bridgehead atoms. The first-order valence-corrected chi connectivity index (χ1v) is 10.9. The zero-order valence-corrected chi connectivity index (χ0v) is 16.9. The third-order valence-corrected chi connectivity index (χ3v) is 6.66. The monoisotopic (exact) mass is 421 g/mol. The van der Waals surface area contributed by atoms with Crippen molar-refractivity contribution in [3.05, 3.63) is 30.6 Å². The molecule has 4 rings (SSSR count). The van der Waals surface area contributed by atoms with Gasteiger partial charge in [0.25, 0.3) is 11.8 Å². The van der Waals surface area contributed by atoms with Crippen LogP contribution < -0.4 is 18.9 Å². The average Bonchev–Trinajstić information content (AvgIpc) is 2.99. The van der Waals surface area contributed by atoms with E-state index in [2.05, 4.69) is 9.97 Å². The van der Waals surface area contributed by atoms with Crippen molar-refractivity contribution in [3.63, 3.8) is 0 Å². The fourth-order valence-corrected chi connectivity index (χ4v) is 4.89. The van der Waals surface area contributed by atoms with Crippen LogP contribution in [0.3, 0.4) is 0 Å². The quantitative estimate of drug-likeness (QED) is 0.721. The largest absolute Gasteiger partial charge is 0.490 e. The van der Waals surface area contributed by atoms with Crippen LogP contribution in [0.2, 0.25) is 0 Å². The molecule has 156 valence electrons. The second-order valence-corrected chi connectivity index (χ2v) is 8.71. The van der Waals surface area contributed by atoms with E-state index in [1.165, 1.54) is 29.9 Å². The van der Waals surface area contributed by atoms with Gasteiger partial charge in [-0.3, -0.25) is 0 Å². The normalized spacial score (nSPS) is 20.0. The predicted octanol–water partition coefficient (Wildman–Crippen LogP) is 1.88. The van der Waals surface area contributed by atoms with Crippen LogP contribution in [-0.2, 0) is 10.0 Å². The Labute approximate surface area is 169 Å². The molecule has 2 aliphatic heterocycles. The van der Waals surface area contributed by atoms with Crippen LogP contribution in [0.25, 0.3) is 0 Å². The Morgan fingerprint density at radius 2 is 1.83 bits per heavy atom. The lowest BCUT2D eigenvalue weighted by Crippen LogP contribution is -2.44. The molecule has 0 spiro atoms. The molecule has 0 N–H and O–H groups in total. The first-order chi connectivity index (χ1) is 14.1. The predicted molar refractivity (Wildman–Crippen MR) is 103 cm³/mol. The number of fused-ring (bicyclic) bond motifs is 1. The summed E-state index contributed by atoms with van der Waals surface area (Å²) in [6, 6.07) is 4.74. The fourth-order valence-electron chi connectivity index (χ4n) is 3.36. The van der Waals surface area contributed by atoms with Crippen molar-refractivity contribution in [2.75, 3.05) is 33.4 Å². The van der Waals surface area contributed by atoms with Gasteiger partial charge in [0, 0.05) is 31.4 Å². The number of benzene rings is 1. The van der Waals surface area contributed by atoms with Gasteiger partial charge < -0.3 is 18.9 Å². The molecule has 3 heterocycles. The fraction of sp³-hybridized carbons (Fsp3) is 0.474. The topological polar surface area (TPSA) is 100 Å². The molecule has 0 saturated carbocycles. The number of hydrogen-bond donors (Lipinski definition) is 0. The molecule has 1 aromatic carbocycles. The molecule has 0 radical (unpaired) electrons. The summed E-state index contributed by atoms with van der Waals surface area (Å²) in [5.74, 6) is 1.55. The molecule has 0 aliphatic carbocycles. The van der Waals surface area contributed by atoms with Crippen LogP contribution in [0.1, 0.15) is 19.3 Å². The van der Waals surface area contributed by atoms with Gasteiger partial charge in [-0.1, -0.05) is 0 Å². The van der Waals surface area contributed by atoms with E-state index >= 15 is 0 Å². The standard InChI is InChI=1S/C19H23N3O6S/c1-25-18-19(21-8-7-20-18)28-14-4-2-9-22(13-14)29(23,24)15-5-6-16-17(12-15)27-11-3-10-26-16/h5-8,12,14H,2-4,9-11,13H2,1H3. The summed E-state index contributed by atoms with van der Waals surface area (Å²) in [7, 11) is -2.21. The Balaban J connectivity index is 1.52. The van der Waals surface area contributed by atoms with E-state index in [-0.39, 0.29) is 29.3 Å². The van der Waals surface area contributed by atoms with Crippen LogP contribution >= 0.6 is 0 Å². The van der Waals surface area contributed by atoms with Gasteiger partial charge >= 0.3 is 0 Å². The summed E-state index contributed by atoms with van der Waals surface area (Å²) in [6.07, 6.45) is 4.82. The van der Waals surface area contributed by atoms with Crippen LogP contribution in [-0.4, -0.2) is 62.2 Å². The minimum Gasteiger partial charge on any atom is -0.490 e. The summed E-state index contributed by atoms with van der Waals surface area (Å²) in [5.41, 5.74) is 0. The minimum atomic E-state index is -3.70. The van der Waals surface area contributed by atoms with Crippen molar-refractivity contribution in [1.29, 1.82) is 0 Å². The molecule has 2 aliphatic rings. The number of methoxy groups -OCH3 is 1. The Hall–Kier alpha value is -2.59. The molecule has 1 aromatic heterocycles. The third-order valence-electron chi connectivity index (χ3n) is 4.80. The maximum atomic E-state index is 13.2. The molecule has 0 amide bonds. The number of aromatic nitrogens is 2. The number of nitrogens with zero attached hydrogens (tertiary/aromatic N) is 3. The number of rotatable bonds is 5. The second-order valence-electron chi connectivity index (χ2n) is 6.77. The van der Waals surface area contributed by atoms with Crippen LogP contribution in [0.15, 0.2) is 35.5 Å². The number of ether oxygens (including phenoxy) is 4. The van der Waals surface area contributed by atoms with Gasteiger partial charge in [-0.25, -0.2) is 18.4 Å². The summed E-state index contributed by atoms with van der Waals surface area (Å²) < 4.78 is 50.1. The highest BCUT2D eigenvalue weighted by atomic mass is 32.2. The number of sulfonamides is 1. The Bertz CT molecular complexity index is 968. The van der Waals surface area contributed by atoms with Crippen molar-refractivity contribution in [2.24, 2.45) is 0 Å². The Morgan fingerprint density at radius 1 is 1.07 bits per heavy atom. The highest BCUT2D eigenvalue weighted by Gasteiger charge is 2.32. The molecule has 2 aromatic rings. The zero-order chi connectivity index (χ0) is 20.3. The van der Waals surface area contributed by atoms with Crippen molar-refractivity contribution in [3.8, 4) is 23.3 Å². The summed E-state index contributed by atoms with van der Waals surface area (Å²) in [5, 5.41) is 0. The van der Waals surface area contributed by atoms with E-state index in [9.17, 15) is 8.42 Å². The SMILES string of the molecule is COc1nccnc1OC1CCCN(S(=O)(=O)c2ccc3c(c2)OCCCO3)C1. The van der Waals surface area contributed by atoms with Gasteiger partial charge in [-0.05, 0) is 25.0 Å². The maximum Gasteiger partial charge on any atom is 0.278 e. The van der Waals surface area contributed by atoms with E-state index < -0.39 is 10.0 Å². The number of piperidine rings is 1. The molecule has 1 fully saturated rings. The van der Waals surface area contributed by atoms with Gasteiger partial charge in [0.05, 0.1) is 31.8 Å². The molecule has 1 unspecified atom stereocenters. The lowest BCUT2D eigenvalue weighted by atomic mass is 10.1. The molecule has 1 atom stereocenters. The lowest BCUT2D eigenvalue weighted by Gasteiger charge is -2.32. The van der Waals surface area contributed by atoms with Crippen LogP contribution in [0.4, 0.5) is 0 Å². The zero-order valence-electron chi connectivity index (χ0n) is 16.1. The van der Waals surface area contributed by atoms with Crippen molar-refractivity contribution < 1.29 is 27.4 Å². The van der Waals surface area contributed by atoms with Gasteiger partial charge in [-0.15, -0.1) is 0 Å². The first-order valence-electron chi connectivity index (χ1n) is 9.49. The maximum absolute atomic E-state index is 13.2. The van der Waals surface area contributed by atoms with Gasteiger partial charge in [0.2, 0.25) is 10.0 Å². The third kappa shape index (κ3) is 4.23. The highest BCUT2D eigenvalue weighted by molar-refractivity contribution is 7.89. The minimum absolute atomic E-state index is 0.180. The van der Waals surface area contributed by atoms with E-state index in [0.29, 0.717) is 44.1 Å². The highest BCUT2D eigenvalue weighted by Crippen LogP contribution is 2.34. The van der Waals surface area contributed by atoms with E-state index in [1.807, 2.05) is 0 Å². The van der Waals surface area contributed by atoms with Gasteiger partial charge in [-0.2, -0.15) is 4.31 Å². The van der Waals surface area contributed by atoms with Crippen LogP contribution in [0, 0.1) is 0 Å². The van der Waals surface area contributed by atoms with Crippen molar-refractivity contribution in [1.82, 2.24) is 14.3 Å². The average molecular weight is 421 g/mol. The molecular formula is C19H23N3O6S. The summed E-state index contributed by atoms with van der Waals surface area (Å²) >= 11 is 0. The lowest BCUT2D eigenvalue weighted by molar-refractivity contribution is 0.119. The summed E-state index contributed by atoms with van der Waals surface area (Å²) in [6.45, 7) is 1.69. The van der Waals surface area contributed by atoms with E-state index in [0.717, 1.165) is 6.42 Å². The molecule has 29 heavy (non-hydrogen) atoms. The molecule has 9 nitrogen and oxygen atoms in total. The summed E-state index contributed by atoms with van der Waals surface area (Å²) in [4.78, 5) is 8.38. The van der Waals surface area contributed by atoms with Gasteiger partial charge in [0.15, 0.2) is 11.5 Å². The van der Waals surface area contributed by atoms with Crippen molar-refractivity contribution in [2.45, 2.75) is 30.3 Å². The molecular weight excluding hydrogens is 398 g/mol. The van der Waals surface area contributed by atoms with Crippen LogP contribution in [0.5, 0.6) is 23.3 Å². The smallest absolute Gasteiger partial charge is 0.278 e. The number of hydrogen-bond acceptors (Lipinski definition) is 8. The Morgan fingerprint density at radius 3 is 2.62 bits per heavy atom. The van der Waals surface area contributed by atoms with Crippen molar-refractivity contribution >= 4 is 10.0 Å². The first kappa shape index (κ1) is 19.7. The second kappa shape index (κ2) is 8.42. The Kier molecular flexibility index (Phi) is 5.72. The molecule has 1 saturated heterocycles.